The van der Waals surface area contributed by atoms with Crippen molar-refractivity contribution in [3.05, 3.63) is 47.9 Å². The van der Waals surface area contributed by atoms with E-state index >= 15 is 8.78 Å². The second-order valence-corrected chi connectivity index (χ2v) is 12.8. The maximum Gasteiger partial charge on any atom is 0.322 e. The van der Waals surface area contributed by atoms with Crippen molar-refractivity contribution in [1.29, 1.82) is 0 Å². The van der Waals surface area contributed by atoms with Crippen molar-refractivity contribution in [3.8, 4) is 23.0 Å². The first-order valence-corrected chi connectivity index (χ1v) is 15.4. The number of carbonyl (C=O) groups is 2. The molecule has 4 aliphatic rings. The number of imide groups is 1. The summed E-state index contributed by atoms with van der Waals surface area (Å²) in [6.45, 7) is 1.50. The normalized spacial score (nSPS) is 26.0. The topological polar surface area (TPSA) is 133 Å². The van der Waals surface area contributed by atoms with Crippen molar-refractivity contribution >= 4 is 39.4 Å². The van der Waals surface area contributed by atoms with Crippen molar-refractivity contribution in [3.63, 3.8) is 0 Å². The summed E-state index contributed by atoms with van der Waals surface area (Å²) in [6.07, 6.45) is 3.02. The van der Waals surface area contributed by atoms with Gasteiger partial charge in [-0.25, -0.2) is 22.4 Å². The van der Waals surface area contributed by atoms with Gasteiger partial charge >= 0.3 is 12.0 Å². The number of pyridine rings is 1. The maximum absolute atomic E-state index is 16.7. The van der Waals surface area contributed by atoms with E-state index in [9.17, 15) is 23.5 Å². The molecule has 3 N–H and O–H groups in total. The molecule has 4 saturated heterocycles. The lowest BCUT2D eigenvalue weighted by molar-refractivity contribution is -0.124. The van der Waals surface area contributed by atoms with Gasteiger partial charge in [-0.15, -0.1) is 0 Å². The van der Waals surface area contributed by atoms with Gasteiger partial charge in [-0.3, -0.25) is 20.0 Å². The minimum absolute atomic E-state index is 0.0163. The number of urea groups is 1. The Hall–Kier alpha value is -4.79. The van der Waals surface area contributed by atoms with Gasteiger partial charge in [0, 0.05) is 36.7 Å². The Balaban J connectivity index is 1.27. The number of carbonyl (C=O) groups excluding carboxylic acids is 2. The third kappa shape index (κ3) is 4.69. The monoisotopic (exact) mass is 651 g/mol. The number of hydrogen-bond acceptors (Lipinski definition) is 9. The average molecular weight is 652 g/mol. The number of aromatic hydroxyl groups is 1. The highest BCUT2D eigenvalue weighted by atomic mass is 19.2. The highest BCUT2D eigenvalue weighted by molar-refractivity contribution is 6.08. The molecule has 0 aliphatic carbocycles. The molecule has 11 nitrogen and oxygen atoms in total. The van der Waals surface area contributed by atoms with E-state index in [2.05, 4.69) is 30.5 Å². The number of piperidine rings is 1. The molecular weight excluding hydrogens is 622 g/mol. The molecule has 0 saturated carbocycles. The Kier molecular flexibility index (Phi) is 6.69. The minimum Gasteiger partial charge on any atom is -0.508 e. The first-order chi connectivity index (χ1) is 22.6. The molecule has 4 aliphatic heterocycles. The Morgan fingerprint density at radius 2 is 1.89 bits per heavy atom. The van der Waals surface area contributed by atoms with Crippen LogP contribution in [0.25, 0.3) is 32.9 Å². The van der Waals surface area contributed by atoms with E-state index in [-0.39, 0.29) is 64.4 Å². The Morgan fingerprint density at radius 3 is 2.70 bits per heavy atom. The van der Waals surface area contributed by atoms with E-state index in [0.717, 1.165) is 25.1 Å². The number of benzene rings is 2. The molecular formula is C32H29F4N7O4. The molecule has 0 bridgehead atoms. The van der Waals surface area contributed by atoms with Crippen LogP contribution in [0.3, 0.4) is 0 Å². The van der Waals surface area contributed by atoms with Crippen LogP contribution in [-0.4, -0.2) is 86.9 Å². The number of rotatable bonds is 5. The molecule has 4 aromatic rings. The summed E-state index contributed by atoms with van der Waals surface area (Å²) >= 11 is 0. The van der Waals surface area contributed by atoms with Gasteiger partial charge in [0.1, 0.15) is 41.1 Å². The van der Waals surface area contributed by atoms with E-state index in [4.69, 9.17) is 4.74 Å². The molecule has 4 fully saturated rings. The highest BCUT2D eigenvalue weighted by Gasteiger charge is 2.50. The zero-order valence-corrected chi connectivity index (χ0v) is 25.0. The van der Waals surface area contributed by atoms with Crippen molar-refractivity contribution < 1.29 is 37.0 Å². The molecule has 3 atom stereocenters. The fourth-order valence-corrected chi connectivity index (χ4v) is 7.78. The predicted octanol–water partition coefficient (Wildman–Crippen LogP) is 4.10. The number of nitrogens with zero attached hydrogens (tertiary/aromatic N) is 5. The Labute approximate surface area is 264 Å². The number of phenolic OH excluding ortho intramolecular Hbond substituents is 1. The summed E-state index contributed by atoms with van der Waals surface area (Å²) in [5, 5.41) is 15.4. The first-order valence-electron chi connectivity index (χ1n) is 15.4. The van der Waals surface area contributed by atoms with Gasteiger partial charge in [0.05, 0.1) is 17.5 Å². The van der Waals surface area contributed by atoms with Crippen LogP contribution in [-0.2, 0) is 4.79 Å². The summed E-state index contributed by atoms with van der Waals surface area (Å²) in [5.74, 6) is -4.01. The smallest absolute Gasteiger partial charge is 0.322 e. The summed E-state index contributed by atoms with van der Waals surface area (Å²) in [6, 6.07) is 3.68. The van der Waals surface area contributed by atoms with Gasteiger partial charge in [-0.05, 0) is 55.8 Å². The van der Waals surface area contributed by atoms with Crippen LogP contribution in [0.2, 0.25) is 0 Å². The van der Waals surface area contributed by atoms with Crippen LogP contribution in [0, 0.1) is 17.5 Å². The van der Waals surface area contributed by atoms with Crippen LogP contribution >= 0.6 is 0 Å². The number of aromatic nitrogens is 3. The second-order valence-electron chi connectivity index (χ2n) is 12.8. The van der Waals surface area contributed by atoms with E-state index < -0.39 is 52.3 Å². The van der Waals surface area contributed by atoms with E-state index in [0.29, 0.717) is 32.4 Å². The lowest BCUT2D eigenvalue weighted by Crippen LogP contribution is -2.58. The van der Waals surface area contributed by atoms with Crippen LogP contribution in [0.15, 0.2) is 30.5 Å². The molecule has 1 spiro atoms. The number of hydrogen-bond donors (Lipinski definition) is 3. The zero-order valence-electron chi connectivity index (χ0n) is 25.0. The molecule has 0 radical (unpaired) electrons. The van der Waals surface area contributed by atoms with Gasteiger partial charge in [0.2, 0.25) is 0 Å². The van der Waals surface area contributed by atoms with Gasteiger partial charge in [0.15, 0.2) is 17.5 Å². The van der Waals surface area contributed by atoms with E-state index in [1.165, 1.54) is 18.3 Å². The number of halogens is 4. The first kappa shape index (κ1) is 29.6. The van der Waals surface area contributed by atoms with E-state index in [1.807, 2.05) is 0 Å². The van der Waals surface area contributed by atoms with Crippen molar-refractivity contribution in [1.82, 2.24) is 30.5 Å². The molecule has 2 aromatic heterocycles. The van der Waals surface area contributed by atoms with Crippen LogP contribution in [0.4, 0.5) is 28.2 Å². The molecule has 3 amide bonds. The van der Waals surface area contributed by atoms with Crippen molar-refractivity contribution in [2.75, 3.05) is 37.7 Å². The quantitative estimate of drug-likeness (QED) is 0.216. The Morgan fingerprint density at radius 1 is 1.06 bits per heavy atom. The summed E-state index contributed by atoms with van der Waals surface area (Å²) in [7, 11) is 0. The lowest BCUT2D eigenvalue weighted by atomic mass is 9.89. The SMILES string of the molecule is O=C1NC(=O)C2(CCCN(c3nc(OC[C@@]45CCCN4C[C@H](F)C5)nc4c(F)c(-c5cc(O)cc6ccc(F)c(F)c56)ncc34)C2)N1. The van der Waals surface area contributed by atoms with Crippen molar-refractivity contribution in [2.45, 2.75) is 49.4 Å². The van der Waals surface area contributed by atoms with Gasteiger partial charge in [-0.2, -0.15) is 9.97 Å². The molecule has 1 unspecified atom stereocenters. The molecule has 15 heteroatoms. The fraction of sp³-hybridized carbons (Fsp3) is 0.406. The average Bonchev–Trinajstić information content (AvgIpc) is 3.66. The molecule has 6 heterocycles. The number of ether oxygens (including phenoxy) is 1. The van der Waals surface area contributed by atoms with Crippen LogP contribution in [0.5, 0.6) is 11.8 Å². The summed E-state index contributed by atoms with van der Waals surface area (Å²) in [4.78, 5) is 42.0. The standard InChI is InChI=1S/C32H29F4N7O4/c33-17-11-31(5-1-8-43(31)13-17)15-47-30-38-26-20(27(39-30)42-7-2-6-32(14-42)28(45)40-29(46)41-32)12-37-25(24(26)36)19-10-18(44)9-16-3-4-21(34)23(35)22(16)19/h3-4,9-10,12,17,44H,1-2,5-8,11,13-15H2,(H2,40,41,45,46)/t17-,31+,32?/m1/s1. The number of fused-ring (bicyclic) bond motifs is 3. The lowest BCUT2D eigenvalue weighted by Gasteiger charge is -2.39. The third-order valence-electron chi connectivity index (χ3n) is 9.93. The van der Waals surface area contributed by atoms with E-state index in [1.54, 1.807) is 4.90 Å². The zero-order chi connectivity index (χ0) is 32.7. The number of nitrogens with one attached hydrogen (secondary N) is 2. The number of phenols is 1. The Bertz CT molecular complexity index is 2000. The third-order valence-corrected chi connectivity index (χ3v) is 9.93. The molecule has 8 rings (SSSR count). The maximum atomic E-state index is 16.7. The number of amides is 3. The predicted molar refractivity (Wildman–Crippen MR) is 161 cm³/mol. The van der Waals surface area contributed by atoms with Gasteiger partial charge in [0.25, 0.3) is 5.91 Å². The van der Waals surface area contributed by atoms with Crippen LogP contribution in [0.1, 0.15) is 32.1 Å². The molecule has 2 aromatic carbocycles. The largest absolute Gasteiger partial charge is 0.508 e. The number of anilines is 1. The van der Waals surface area contributed by atoms with Crippen molar-refractivity contribution in [2.24, 2.45) is 0 Å². The summed E-state index contributed by atoms with van der Waals surface area (Å²) < 4.78 is 66.7. The van der Waals surface area contributed by atoms with Gasteiger partial charge in [-0.1, -0.05) is 6.07 Å². The molecule has 47 heavy (non-hydrogen) atoms. The number of alkyl halides is 1. The molecule has 244 valence electrons. The minimum atomic E-state index is -1.23. The second kappa shape index (κ2) is 10.6. The van der Waals surface area contributed by atoms with Crippen LogP contribution < -0.4 is 20.3 Å². The van der Waals surface area contributed by atoms with Gasteiger partial charge < -0.3 is 20.1 Å². The summed E-state index contributed by atoms with van der Waals surface area (Å²) in [5.41, 5.74) is -2.62. The fourth-order valence-electron chi connectivity index (χ4n) is 7.78. The highest BCUT2D eigenvalue weighted by Crippen LogP contribution is 2.42.